The van der Waals surface area contributed by atoms with E-state index in [-0.39, 0.29) is 40.3 Å². The van der Waals surface area contributed by atoms with Gasteiger partial charge in [0.1, 0.15) is 29.3 Å². The average Bonchev–Trinajstić information content (AvgIpc) is 3.49. The van der Waals surface area contributed by atoms with Crippen molar-refractivity contribution in [3.8, 4) is 17.0 Å². The molecule has 0 saturated heterocycles. The van der Waals surface area contributed by atoms with Crippen LogP contribution in [0.25, 0.3) is 16.8 Å². The second-order valence-corrected chi connectivity index (χ2v) is 9.23. The molecule has 1 aliphatic heterocycles. The van der Waals surface area contributed by atoms with E-state index in [1.165, 1.54) is 42.2 Å². The van der Waals surface area contributed by atoms with Crippen LogP contribution < -0.4 is 15.8 Å². The number of aromatic nitrogens is 4. The van der Waals surface area contributed by atoms with Crippen molar-refractivity contribution in [1.29, 1.82) is 0 Å². The van der Waals surface area contributed by atoms with Crippen LogP contribution in [-0.4, -0.2) is 55.8 Å². The number of amides is 2. The number of primary amides is 1. The lowest BCUT2D eigenvalue weighted by Gasteiger charge is -2.31. The van der Waals surface area contributed by atoms with Crippen molar-refractivity contribution in [3.63, 3.8) is 0 Å². The highest BCUT2D eigenvalue weighted by atomic mass is 19.4. The standard InChI is InChI=1S/C25H20F4N6O4/c1-23(22(30)37)12-39-20-16(23)8-18(34-19(20)13-2-4-14(26)5-3-13)24(38,25(27,28)29)11-32-21(36)15-9-33-35-7-6-31-10-17(15)35/h2-10,38H,11-12H2,1H3,(H2,30,37)(H,32,36)/t23-,24-/m0/s1. The summed E-state index contributed by atoms with van der Waals surface area (Å²) in [6.45, 7) is -0.246. The molecule has 39 heavy (non-hydrogen) atoms. The molecule has 5 rings (SSSR count). The van der Waals surface area contributed by atoms with Gasteiger partial charge in [0, 0.05) is 23.5 Å². The molecule has 2 atom stereocenters. The summed E-state index contributed by atoms with van der Waals surface area (Å²) in [5.74, 6) is -2.47. The number of rotatable bonds is 6. The summed E-state index contributed by atoms with van der Waals surface area (Å²) in [5, 5.41) is 17.1. The third-order valence-electron chi connectivity index (χ3n) is 6.70. The van der Waals surface area contributed by atoms with Gasteiger partial charge in [0.05, 0.1) is 35.7 Å². The number of nitrogens with zero attached hydrogens (tertiary/aromatic N) is 4. The van der Waals surface area contributed by atoms with Crippen LogP contribution in [0.15, 0.2) is 55.1 Å². The molecule has 0 unspecified atom stereocenters. The molecular formula is C25H20F4N6O4. The van der Waals surface area contributed by atoms with Gasteiger partial charge in [-0.25, -0.2) is 13.9 Å². The third kappa shape index (κ3) is 4.22. The number of hydrogen-bond acceptors (Lipinski definition) is 7. The fourth-order valence-corrected chi connectivity index (χ4v) is 4.25. The molecule has 4 aromatic rings. The molecule has 3 aromatic heterocycles. The number of aliphatic hydroxyl groups is 1. The van der Waals surface area contributed by atoms with Crippen molar-refractivity contribution >= 4 is 17.3 Å². The van der Waals surface area contributed by atoms with Gasteiger partial charge in [0.15, 0.2) is 0 Å². The van der Waals surface area contributed by atoms with E-state index in [0.29, 0.717) is 0 Å². The van der Waals surface area contributed by atoms with Crippen molar-refractivity contribution in [2.24, 2.45) is 5.73 Å². The van der Waals surface area contributed by atoms with Crippen LogP contribution in [0.4, 0.5) is 17.6 Å². The molecule has 10 nitrogen and oxygen atoms in total. The van der Waals surface area contributed by atoms with Crippen molar-refractivity contribution in [3.05, 3.63) is 77.8 Å². The van der Waals surface area contributed by atoms with E-state index in [4.69, 9.17) is 10.5 Å². The van der Waals surface area contributed by atoms with Crippen LogP contribution in [0.2, 0.25) is 0 Å². The van der Waals surface area contributed by atoms with Crippen molar-refractivity contribution in [2.45, 2.75) is 24.1 Å². The van der Waals surface area contributed by atoms with Crippen molar-refractivity contribution < 1.29 is 37.0 Å². The number of nitrogens with two attached hydrogens (primary N) is 1. The molecule has 4 N–H and O–H groups in total. The van der Waals surface area contributed by atoms with E-state index in [2.05, 4.69) is 20.4 Å². The minimum absolute atomic E-state index is 0.0286. The second kappa shape index (κ2) is 9.01. The summed E-state index contributed by atoms with van der Waals surface area (Å²) in [6.07, 6.45) is -0.0332. The van der Waals surface area contributed by atoms with Crippen molar-refractivity contribution in [1.82, 2.24) is 24.9 Å². The van der Waals surface area contributed by atoms with Gasteiger partial charge in [-0.1, -0.05) is 0 Å². The Labute approximate surface area is 217 Å². The number of hydrogen-bond donors (Lipinski definition) is 3. The lowest BCUT2D eigenvalue weighted by molar-refractivity contribution is -0.265. The minimum atomic E-state index is -5.34. The Morgan fingerprint density at radius 1 is 1.23 bits per heavy atom. The maximum atomic E-state index is 14.5. The quantitative estimate of drug-likeness (QED) is 0.316. The Morgan fingerprint density at radius 2 is 1.95 bits per heavy atom. The van der Waals surface area contributed by atoms with Crippen molar-refractivity contribution in [2.75, 3.05) is 13.2 Å². The molecule has 0 aliphatic carbocycles. The monoisotopic (exact) mass is 544 g/mol. The lowest BCUT2D eigenvalue weighted by Crippen LogP contribution is -2.51. The highest BCUT2D eigenvalue weighted by molar-refractivity contribution is 6.00. The van der Waals surface area contributed by atoms with Crippen LogP contribution in [0.1, 0.15) is 28.5 Å². The molecule has 0 bridgehead atoms. The van der Waals surface area contributed by atoms with Gasteiger partial charge in [-0.3, -0.25) is 14.6 Å². The molecule has 0 fully saturated rings. The molecule has 4 heterocycles. The average molecular weight is 544 g/mol. The Bertz CT molecular complexity index is 1610. The second-order valence-electron chi connectivity index (χ2n) is 9.23. The van der Waals surface area contributed by atoms with Gasteiger partial charge in [0.2, 0.25) is 11.5 Å². The molecule has 14 heteroatoms. The number of halogens is 4. The number of carbonyl (C=O) groups excluding carboxylic acids is 2. The first-order chi connectivity index (χ1) is 18.3. The fraction of sp³-hybridized carbons (Fsp3) is 0.240. The van der Waals surface area contributed by atoms with E-state index < -0.39 is 47.1 Å². The maximum Gasteiger partial charge on any atom is 0.424 e. The van der Waals surface area contributed by atoms with Gasteiger partial charge >= 0.3 is 6.18 Å². The van der Waals surface area contributed by atoms with Gasteiger partial charge < -0.3 is 20.9 Å². The van der Waals surface area contributed by atoms with E-state index in [1.54, 1.807) is 0 Å². The molecular weight excluding hydrogens is 524 g/mol. The van der Waals surface area contributed by atoms with Crippen LogP contribution in [0.3, 0.4) is 0 Å². The number of benzene rings is 1. The highest BCUT2D eigenvalue weighted by Gasteiger charge is 2.57. The Hall–Kier alpha value is -4.59. The van der Waals surface area contributed by atoms with E-state index in [0.717, 1.165) is 24.4 Å². The zero-order valence-electron chi connectivity index (χ0n) is 20.2. The number of nitrogens with one attached hydrogen (secondary N) is 1. The van der Waals surface area contributed by atoms with Gasteiger partial charge in [-0.15, -0.1) is 0 Å². The molecule has 0 radical (unpaired) electrons. The first kappa shape index (κ1) is 26.0. The SMILES string of the molecule is C[C@]1(C(N)=O)COc2c1cc([C@@](O)(CNC(=O)c1cnn3ccncc13)C(F)(F)F)nc2-c1ccc(F)cc1. The van der Waals surface area contributed by atoms with E-state index in [9.17, 15) is 32.3 Å². The Balaban J connectivity index is 1.61. The fourth-order valence-electron chi connectivity index (χ4n) is 4.25. The highest BCUT2D eigenvalue weighted by Crippen LogP contribution is 2.47. The summed E-state index contributed by atoms with van der Waals surface area (Å²) in [4.78, 5) is 33.1. The minimum Gasteiger partial charge on any atom is -0.489 e. The predicted octanol–water partition coefficient (Wildman–Crippen LogP) is 2.25. The smallest absolute Gasteiger partial charge is 0.424 e. The first-order valence-electron chi connectivity index (χ1n) is 11.4. The maximum absolute atomic E-state index is 14.5. The predicted molar refractivity (Wildman–Crippen MR) is 127 cm³/mol. The van der Waals surface area contributed by atoms with Gasteiger partial charge in [-0.05, 0) is 37.3 Å². The lowest BCUT2D eigenvalue weighted by atomic mass is 9.81. The summed E-state index contributed by atoms with van der Waals surface area (Å²) >= 11 is 0. The number of pyridine rings is 1. The molecule has 202 valence electrons. The van der Waals surface area contributed by atoms with Gasteiger partial charge in [-0.2, -0.15) is 18.3 Å². The summed E-state index contributed by atoms with van der Waals surface area (Å²) < 4.78 is 64.0. The zero-order valence-corrected chi connectivity index (χ0v) is 20.2. The largest absolute Gasteiger partial charge is 0.489 e. The number of carbonyl (C=O) groups is 2. The van der Waals surface area contributed by atoms with Crippen LogP contribution in [-0.2, 0) is 15.8 Å². The summed E-state index contributed by atoms with van der Waals surface area (Å²) in [6, 6.07) is 5.55. The Kier molecular flexibility index (Phi) is 6.01. The zero-order chi connectivity index (χ0) is 28.2. The number of fused-ring (bicyclic) bond motifs is 2. The summed E-state index contributed by atoms with van der Waals surface area (Å²) in [7, 11) is 0. The summed E-state index contributed by atoms with van der Waals surface area (Å²) in [5.41, 5.74) is -0.526. The topological polar surface area (TPSA) is 145 Å². The van der Waals surface area contributed by atoms with E-state index in [1.807, 2.05) is 0 Å². The van der Waals surface area contributed by atoms with E-state index >= 15 is 0 Å². The van der Waals surface area contributed by atoms with Gasteiger partial charge in [0.25, 0.3) is 5.91 Å². The molecule has 0 saturated carbocycles. The first-order valence-corrected chi connectivity index (χ1v) is 11.4. The van der Waals surface area contributed by atoms with Crippen LogP contribution in [0, 0.1) is 5.82 Å². The molecule has 1 aromatic carbocycles. The van der Waals surface area contributed by atoms with Crippen LogP contribution in [0.5, 0.6) is 5.75 Å². The normalized spacial score (nSPS) is 18.3. The number of ether oxygens (including phenoxy) is 1. The molecule has 2 amide bonds. The Morgan fingerprint density at radius 3 is 2.62 bits per heavy atom. The molecule has 1 aliphatic rings. The van der Waals surface area contributed by atoms with Crippen LogP contribution >= 0.6 is 0 Å². The number of alkyl halides is 3. The molecule has 0 spiro atoms. The third-order valence-corrected chi connectivity index (χ3v) is 6.70.